The third-order valence-corrected chi connectivity index (χ3v) is 3.66. The minimum Gasteiger partial charge on any atom is -0.377 e. The van der Waals surface area contributed by atoms with Crippen molar-refractivity contribution in [3.63, 3.8) is 0 Å². The van der Waals surface area contributed by atoms with Crippen molar-refractivity contribution in [2.24, 2.45) is 5.92 Å². The zero-order chi connectivity index (χ0) is 12.5. The molecule has 2 heteroatoms. The standard InChI is InChI=1S/C15H31NO/c1-4-10-16-15(12-17-13(2)3)11-14-8-6-5-7-9-14/h13-16H,4-12H2,1-3H3. The lowest BCUT2D eigenvalue weighted by molar-refractivity contribution is 0.0544. The second-order valence-electron chi connectivity index (χ2n) is 5.77. The molecule has 1 aliphatic rings. The van der Waals surface area contributed by atoms with Gasteiger partial charge in [0.1, 0.15) is 0 Å². The Kier molecular flexibility index (Phi) is 7.87. The molecule has 0 radical (unpaired) electrons. The molecule has 0 bridgehead atoms. The van der Waals surface area contributed by atoms with E-state index in [1.165, 1.54) is 44.9 Å². The second-order valence-corrected chi connectivity index (χ2v) is 5.77. The highest BCUT2D eigenvalue weighted by molar-refractivity contribution is 4.74. The van der Waals surface area contributed by atoms with Gasteiger partial charge < -0.3 is 10.1 Å². The number of rotatable bonds is 8. The van der Waals surface area contributed by atoms with Gasteiger partial charge in [-0.2, -0.15) is 0 Å². The third kappa shape index (κ3) is 7.05. The fraction of sp³-hybridized carbons (Fsp3) is 1.00. The first-order chi connectivity index (χ1) is 8.22. The topological polar surface area (TPSA) is 21.3 Å². The molecule has 1 N–H and O–H groups in total. The largest absolute Gasteiger partial charge is 0.377 e. The molecule has 2 nitrogen and oxygen atoms in total. The highest BCUT2D eigenvalue weighted by atomic mass is 16.5. The van der Waals surface area contributed by atoms with E-state index in [0.717, 1.165) is 19.1 Å². The fourth-order valence-corrected chi connectivity index (χ4v) is 2.69. The van der Waals surface area contributed by atoms with Gasteiger partial charge in [0.2, 0.25) is 0 Å². The minimum atomic E-state index is 0.354. The molecule has 1 fully saturated rings. The Hall–Kier alpha value is -0.0800. The summed E-state index contributed by atoms with van der Waals surface area (Å²) in [5.41, 5.74) is 0. The van der Waals surface area contributed by atoms with E-state index >= 15 is 0 Å². The summed E-state index contributed by atoms with van der Waals surface area (Å²) in [6, 6.07) is 0.570. The van der Waals surface area contributed by atoms with Crippen LogP contribution in [-0.4, -0.2) is 25.3 Å². The lowest BCUT2D eigenvalue weighted by Crippen LogP contribution is -2.37. The predicted octanol–water partition coefficient (Wildman–Crippen LogP) is 3.75. The summed E-state index contributed by atoms with van der Waals surface area (Å²) in [7, 11) is 0. The molecule has 17 heavy (non-hydrogen) atoms. The molecule has 1 saturated carbocycles. The van der Waals surface area contributed by atoms with Crippen LogP contribution in [0.3, 0.4) is 0 Å². The third-order valence-electron chi connectivity index (χ3n) is 3.66. The smallest absolute Gasteiger partial charge is 0.0623 e. The summed E-state index contributed by atoms with van der Waals surface area (Å²) in [4.78, 5) is 0. The molecular formula is C15H31NO. The Labute approximate surface area is 108 Å². The molecular weight excluding hydrogens is 210 g/mol. The van der Waals surface area contributed by atoms with Crippen LogP contribution in [0.15, 0.2) is 0 Å². The van der Waals surface area contributed by atoms with Crippen molar-refractivity contribution in [3.05, 3.63) is 0 Å². The fourth-order valence-electron chi connectivity index (χ4n) is 2.69. The van der Waals surface area contributed by atoms with Crippen molar-refractivity contribution in [1.82, 2.24) is 5.32 Å². The van der Waals surface area contributed by atoms with Gasteiger partial charge in [-0.3, -0.25) is 0 Å². The van der Waals surface area contributed by atoms with E-state index in [-0.39, 0.29) is 0 Å². The molecule has 1 atom stereocenters. The van der Waals surface area contributed by atoms with Gasteiger partial charge in [0.05, 0.1) is 12.7 Å². The van der Waals surface area contributed by atoms with Crippen LogP contribution in [-0.2, 0) is 4.74 Å². The van der Waals surface area contributed by atoms with Gasteiger partial charge in [-0.15, -0.1) is 0 Å². The number of hydrogen-bond acceptors (Lipinski definition) is 2. The van der Waals surface area contributed by atoms with E-state index in [1.807, 2.05) is 0 Å². The van der Waals surface area contributed by atoms with Crippen LogP contribution in [0.1, 0.15) is 65.7 Å². The first kappa shape index (κ1) is 15.0. The van der Waals surface area contributed by atoms with Crippen LogP contribution >= 0.6 is 0 Å². The predicted molar refractivity (Wildman–Crippen MR) is 74.4 cm³/mol. The Morgan fingerprint density at radius 1 is 1.18 bits per heavy atom. The monoisotopic (exact) mass is 241 g/mol. The lowest BCUT2D eigenvalue weighted by Gasteiger charge is -2.27. The van der Waals surface area contributed by atoms with Crippen molar-refractivity contribution in [2.45, 2.75) is 77.9 Å². The zero-order valence-electron chi connectivity index (χ0n) is 12.0. The Balaban J connectivity index is 2.27. The average Bonchev–Trinajstić information content (AvgIpc) is 2.34. The molecule has 0 aliphatic heterocycles. The SMILES string of the molecule is CCCNC(COC(C)C)CC1CCCCC1. The number of nitrogens with one attached hydrogen (secondary N) is 1. The van der Waals surface area contributed by atoms with Crippen LogP contribution in [0.4, 0.5) is 0 Å². The molecule has 0 saturated heterocycles. The molecule has 0 aromatic rings. The van der Waals surface area contributed by atoms with E-state index in [9.17, 15) is 0 Å². The summed E-state index contributed by atoms with van der Waals surface area (Å²) in [6.45, 7) is 8.48. The van der Waals surface area contributed by atoms with Gasteiger partial charge in [0.15, 0.2) is 0 Å². The Morgan fingerprint density at radius 2 is 1.88 bits per heavy atom. The minimum absolute atomic E-state index is 0.354. The maximum atomic E-state index is 5.78. The first-order valence-corrected chi connectivity index (χ1v) is 7.57. The van der Waals surface area contributed by atoms with Gasteiger partial charge >= 0.3 is 0 Å². The number of ether oxygens (including phenoxy) is 1. The molecule has 102 valence electrons. The molecule has 0 aromatic heterocycles. The van der Waals surface area contributed by atoms with Gasteiger partial charge in [-0.05, 0) is 39.2 Å². The quantitative estimate of drug-likeness (QED) is 0.699. The van der Waals surface area contributed by atoms with Crippen LogP contribution in [0.5, 0.6) is 0 Å². The molecule has 1 aliphatic carbocycles. The van der Waals surface area contributed by atoms with Gasteiger partial charge in [-0.25, -0.2) is 0 Å². The van der Waals surface area contributed by atoms with Crippen molar-refractivity contribution < 1.29 is 4.74 Å². The van der Waals surface area contributed by atoms with Crippen molar-refractivity contribution in [3.8, 4) is 0 Å². The lowest BCUT2D eigenvalue weighted by atomic mass is 9.85. The molecule has 0 spiro atoms. The summed E-state index contributed by atoms with van der Waals surface area (Å²) in [6.07, 6.45) is 10.1. The van der Waals surface area contributed by atoms with Crippen molar-refractivity contribution >= 4 is 0 Å². The second kappa shape index (κ2) is 8.93. The zero-order valence-corrected chi connectivity index (χ0v) is 12.0. The molecule has 0 heterocycles. The van der Waals surface area contributed by atoms with Crippen molar-refractivity contribution in [1.29, 1.82) is 0 Å². The summed E-state index contributed by atoms with van der Waals surface area (Å²) < 4.78 is 5.78. The molecule has 0 aromatic carbocycles. The van der Waals surface area contributed by atoms with E-state index in [1.54, 1.807) is 0 Å². The highest BCUT2D eigenvalue weighted by Gasteiger charge is 2.18. The highest BCUT2D eigenvalue weighted by Crippen LogP contribution is 2.27. The normalized spacial score (nSPS) is 19.8. The molecule has 1 unspecified atom stereocenters. The van der Waals surface area contributed by atoms with Crippen molar-refractivity contribution in [2.75, 3.05) is 13.2 Å². The van der Waals surface area contributed by atoms with Crippen LogP contribution in [0, 0.1) is 5.92 Å². The number of hydrogen-bond donors (Lipinski definition) is 1. The van der Waals surface area contributed by atoms with Gasteiger partial charge in [0, 0.05) is 6.04 Å². The molecule has 0 amide bonds. The molecule has 1 rings (SSSR count). The van der Waals surface area contributed by atoms with E-state index in [0.29, 0.717) is 12.1 Å². The van der Waals surface area contributed by atoms with Crippen LogP contribution in [0.25, 0.3) is 0 Å². The Bertz CT molecular complexity index is 176. The first-order valence-electron chi connectivity index (χ1n) is 7.57. The van der Waals surface area contributed by atoms with Crippen LogP contribution in [0.2, 0.25) is 0 Å². The van der Waals surface area contributed by atoms with E-state index in [2.05, 4.69) is 26.1 Å². The summed E-state index contributed by atoms with van der Waals surface area (Å²) in [5, 5.41) is 3.65. The summed E-state index contributed by atoms with van der Waals surface area (Å²) >= 11 is 0. The maximum Gasteiger partial charge on any atom is 0.0623 e. The van der Waals surface area contributed by atoms with E-state index in [4.69, 9.17) is 4.74 Å². The Morgan fingerprint density at radius 3 is 2.47 bits per heavy atom. The van der Waals surface area contributed by atoms with Crippen LogP contribution < -0.4 is 5.32 Å². The van der Waals surface area contributed by atoms with Gasteiger partial charge in [-0.1, -0.05) is 39.0 Å². The summed E-state index contributed by atoms with van der Waals surface area (Å²) in [5.74, 6) is 0.939. The average molecular weight is 241 g/mol. The maximum absolute atomic E-state index is 5.78. The van der Waals surface area contributed by atoms with Gasteiger partial charge in [0.25, 0.3) is 0 Å². The van der Waals surface area contributed by atoms with E-state index < -0.39 is 0 Å².